The van der Waals surface area contributed by atoms with Crippen LogP contribution in [0.2, 0.25) is 5.02 Å². The number of rotatable bonds is 6. The molecule has 0 aliphatic rings. The summed E-state index contributed by atoms with van der Waals surface area (Å²) in [5.74, 6) is -1.08. The minimum atomic E-state index is -0.987. The Morgan fingerprint density at radius 1 is 1.21 bits per heavy atom. The maximum absolute atomic E-state index is 13.8. The van der Waals surface area contributed by atoms with E-state index in [1.54, 1.807) is 24.3 Å². The summed E-state index contributed by atoms with van der Waals surface area (Å²) in [5, 5.41) is 5.70. The van der Waals surface area contributed by atoms with Crippen LogP contribution in [0.1, 0.15) is 24.3 Å². The number of halogens is 3. The first-order chi connectivity index (χ1) is 13.3. The lowest BCUT2D eigenvalue weighted by Gasteiger charge is -2.08. The molecule has 0 radical (unpaired) electrons. The number of ether oxygens (including phenoxy) is 1. The molecule has 0 bridgehead atoms. The number of benzene rings is 2. The summed E-state index contributed by atoms with van der Waals surface area (Å²) < 4.78 is 37.7. The van der Waals surface area contributed by atoms with E-state index in [1.165, 1.54) is 6.07 Å². The van der Waals surface area contributed by atoms with Gasteiger partial charge in [0.1, 0.15) is 11.6 Å². The topological polar surface area (TPSA) is 64.4 Å². The molecule has 3 rings (SSSR count). The van der Waals surface area contributed by atoms with Crippen molar-refractivity contribution in [2.75, 3.05) is 11.9 Å². The van der Waals surface area contributed by atoms with Crippen LogP contribution in [0.4, 0.5) is 14.5 Å². The Labute approximate surface area is 165 Å². The average Bonchev–Trinajstić information content (AvgIpc) is 3.13. The first-order valence-corrected chi connectivity index (χ1v) is 8.87. The number of carbonyl (C=O) groups excluding carboxylic acids is 1. The highest BCUT2D eigenvalue weighted by Crippen LogP contribution is 2.28. The molecule has 0 atom stereocenters. The molecule has 146 valence electrons. The van der Waals surface area contributed by atoms with Gasteiger partial charge in [-0.3, -0.25) is 4.79 Å². The molecule has 0 saturated heterocycles. The Morgan fingerprint density at radius 3 is 2.57 bits per heavy atom. The van der Waals surface area contributed by atoms with E-state index in [4.69, 9.17) is 20.9 Å². The zero-order valence-corrected chi connectivity index (χ0v) is 15.9. The molecular weight excluding hydrogens is 390 g/mol. The van der Waals surface area contributed by atoms with E-state index >= 15 is 0 Å². The fraction of sp³-hybridized carbons (Fsp3) is 0.200. The van der Waals surface area contributed by atoms with Gasteiger partial charge in [-0.25, -0.2) is 8.78 Å². The predicted octanol–water partition coefficient (Wildman–Crippen LogP) is 5.56. The maximum Gasteiger partial charge on any atom is 0.277 e. The van der Waals surface area contributed by atoms with Gasteiger partial charge >= 0.3 is 0 Å². The molecular formula is C20H17ClF2N2O3. The number of carbonyl (C=O) groups is 1. The Bertz CT molecular complexity index is 964. The molecule has 0 spiro atoms. The van der Waals surface area contributed by atoms with Gasteiger partial charge in [0.05, 0.1) is 17.3 Å². The zero-order chi connectivity index (χ0) is 20.3. The largest absolute Gasteiger partial charge is 0.493 e. The fourth-order valence-electron chi connectivity index (χ4n) is 2.34. The summed E-state index contributed by atoms with van der Waals surface area (Å²) in [7, 11) is 0. The van der Waals surface area contributed by atoms with Crippen LogP contribution >= 0.6 is 11.6 Å². The van der Waals surface area contributed by atoms with E-state index < -0.39 is 17.5 Å². The molecule has 2 aromatic carbocycles. The fourth-order valence-corrected chi connectivity index (χ4v) is 2.58. The normalized spacial score (nSPS) is 10.9. The summed E-state index contributed by atoms with van der Waals surface area (Å²) in [6.45, 7) is 4.72. The van der Waals surface area contributed by atoms with Crippen LogP contribution in [0, 0.1) is 17.6 Å². The highest BCUT2D eigenvalue weighted by molar-refractivity contribution is 6.34. The molecule has 1 N–H and O–H groups in total. The monoisotopic (exact) mass is 406 g/mol. The van der Waals surface area contributed by atoms with E-state index in [9.17, 15) is 13.6 Å². The lowest BCUT2D eigenvalue weighted by atomic mass is 10.1. The van der Waals surface area contributed by atoms with Crippen LogP contribution in [-0.2, 0) is 0 Å². The van der Waals surface area contributed by atoms with E-state index in [1.807, 2.05) is 0 Å². The van der Waals surface area contributed by atoms with E-state index in [-0.39, 0.29) is 16.4 Å². The molecule has 1 aromatic heterocycles. The molecule has 1 heterocycles. The SMILES string of the molecule is CC(C)COc1ccc(-c2cc(C(=O)Nc3c(F)cc(F)cc3Cl)no2)cc1. The summed E-state index contributed by atoms with van der Waals surface area (Å²) >= 11 is 5.78. The highest BCUT2D eigenvalue weighted by atomic mass is 35.5. The number of aromatic nitrogens is 1. The minimum absolute atomic E-state index is 0.0741. The van der Waals surface area contributed by atoms with Crippen LogP contribution in [0.5, 0.6) is 5.75 Å². The number of nitrogens with zero attached hydrogens (tertiary/aromatic N) is 1. The molecule has 0 unspecified atom stereocenters. The Morgan fingerprint density at radius 2 is 1.93 bits per heavy atom. The second-order valence-corrected chi connectivity index (χ2v) is 6.91. The van der Waals surface area contributed by atoms with Crippen molar-refractivity contribution >= 4 is 23.2 Å². The van der Waals surface area contributed by atoms with Gasteiger partial charge in [0.2, 0.25) is 0 Å². The number of anilines is 1. The molecule has 28 heavy (non-hydrogen) atoms. The van der Waals surface area contributed by atoms with Crippen molar-refractivity contribution < 1.29 is 22.8 Å². The third-order valence-electron chi connectivity index (χ3n) is 3.71. The molecule has 0 aliphatic heterocycles. The van der Waals surface area contributed by atoms with Crippen LogP contribution < -0.4 is 10.1 Å². The first kappa shape index (κ1) is 19.8. The van der Waals surface area contributed by atoms with Gasteiger partial charge in [-0.15, -0.1) is 0 Å². The van der Waals surface area contributed by atoms with Gasteiger partial charge in [0, 0.05) is 17.7 Å². The predicted molar refractivity (Wildman–Crippen MR) is 102 cm³/mol. The quantitative estimate of drug-likeness (QED) is 0.582. The number of hydrogen-bond acceptors (Lipinski definition) is 4. The Balaban J connectivity index is 1.72. The summed E-state index contributed by atoms with van der Waals surface area (Å²) in [6.07, 6.45) is 0. The van der Waals surface area contributed by atoms with Gasteiger partial charge in [0.25, 0.3) is 5.91 Å². The molecule has 0 aliphatic carbocycles. The number of nitrogens with one attached hydrogen (secondary N) is 1. The van der Waals surface area contributed by atoms with Crippen molar-refractivity contribution in [2.45, 2.75) is 13.8 Å². The van der Waals surface area contributed by atoms with Crippen LogP contribution in [-0.4, -0.2) is 17.7 Å². The third-order valence-corrected chi connectivity index (χ3v) is 4.01. The molecule has 1 amide bonds. The van der Waals surface area contributed by atoms with Gasteiger partial charge in [-0.05, 0) is 36.2 Å². The Kier molecular flexibility index (Phi) is 5.94. The first-order valence-electron chi connectivity index (χ1n) is 8.49. The molecule has 5 nitrogen and oxygen atoms in total. The zero-order valence-electron chi connectivity index (χ0n) is 15.1. The van der Waals surface area contributed by atoms with Gasteiger partial charge < -0.3 is 14.6 Å². The van der Waals surface area contributed by atoms with E-state index in [0.717, 1.165) is 11.8 Å². The lowest BCUT2D eigenvalue weighted by molar-refractivity contribution is 0.101. The van der Waals surface area contributed by atoms with Gasteiger partial charge in [0.15, 0.2) is 17.3 Å². The van der Waals surface area contributed by atoms with E-state index in [2.05, 4.69) is 24.3 Å². The van der Waals surface area contributed by atoms with Crippen molar-refractivity contribution in [2.24, 2.45) is 5.92 Å². The highest BCUT2D eigenvalue weighted by Gasteiger charge is 2.18. The van der Waals surface area contributed by atoms with Crippen molar-refractivity contribution in [3.63, 3.8) is 0 Å². The van der Waals surface area contributed by atoms with Crippen molar-refractivity contribution in [3.05, 3.63) is 64.8 Å². The molecule has 3 aromatic rings. The lowest BCUT2D eigenvalue weighted by Crippen LogP contribution is -2.14. The van der Waals surface area contributed by atoms with Gasteiger partial charge in [-0.1, -0.05) is 30.6 Å². The van der Waals surface area contributed by atoms with Crippen molar-refractivity contribution in [1.29, 1.82) is 0 Å². The van der Waals surface area contributed by atoms with Crippen molar-refractivity contribution in [1.82, 2.24) is 5.16 Å². The summed E-state index contributed by atoms with van der Waals surface area (Å²) in [6, 6.07) is 10.1. The van der Waals surface area contributed by atoms with Crippen LogP contribution in [0.3, 0.4) is 0 Å². The van der Waals surface area contributed by atoms with Crippen LogP contribution in [0.25, 0.3) is 11.3 Å². The maximum atomic E-state index is 13.8. The van der Waals surface area contributed by atoms with Crippen LogP contribution in [0.15, 0.2) is 47.0 Å². The smallest absolute Gasteiger partial charge is 0.277 e. The second kappa shape index (κ2) is 8.39. The van der Waals surface area contributed by atoms with E-state index in [0.29, 0.717) is 29.9 Å². The number of hydrogen-bond donors (Lipinski definition) is 1. The van der Waals surface area contributed by atoms with Gasteiger partial charge in [-0.2, -0.15) is 0 Å². The second-order valence-electron chi connectivity index (χ2n) is 6.50. The third kappa shape index (κ3) is 4.67. The number of amides is 1. The molecule has 0 saturated carbocycles. The molecule has 8 heteroatoms. The average molecular weight is 407 g/mol. The Hall–Kier alpha value is -2.93. The minimum Gasteiger partial charge on any atom is -0.493 e. The standard InChI is InChI=1S/C20H17ClF2N2O3/c1-11(2)10-27-14-5-3-12(4-6-14)18-9-17(25-28-18)20(26)24-19-15(21)7-13(22)8-16(19)23/h3-9,11H,10H2,1-2H3,(H,24,26). The van der Waals surface area contributed by atoms with Crippen molar-refractivity contribution in [3.8, 4) is 17.1 Å². The summed E-state index contributed by atoms with van der Waals surface area (Å²) in [4.78, 5) is 12.3. The summed E-state index contributed by atoms with van der Waals surface area (Å²) in [5.41, 5.74) is 0.286. The molecule has 0 fully saturated rings.